The third-order valence-corrected chi connectivity index (χ3v) is 4.83. The Hall–Kier alpha value is -2.45. The largest absolute Gasteiger partial charge is 0.374 e. The summed E-state index contributed by atoms with van der Waals surface area (Å²) in [5, 5.41) is 11.0. The van der Waals surface area contributed by atoms with Crippen LogP contribution in [-0.2, 0) is 17.8 Å². The molecule has 1 saturated heterocycles. The van der Waals surface area contributed by atoms with Gasteiger partial charge >= 0.3 is 0 Å². The first-order chi connectivity index (χ1) is 14.1. The van der Waals surface area contributed by atoms with E-state index in [1.807, 2.05) is 4.68 Å². The third kappa shape index (κ3) is 7.14. The van der Waals surface area contributed by atoms with Gasteiger partial charge in [0.05, 0.1) is 19.3 Å². The first-order valence-corrected chi connectivity index (χ1v) is 10.3. The molecule has 2 N–H and O–H groups in total. The fourth-order valence-electron chi connectivity index (χ4n) is 3.54. The quantitative estimate of drug-likeness (QED) is 0.515. The van der Waals surface area contributed by atoms with Crippen molar-refractivity contribution >= 4 is 5.96 Å². The Morgan fingerprint density at radius 2 is 2.17 bits per heavy atom. The monoisotopic (exact) mass is 399 g/mol. The molecule has 0 spiro atoms. The summed E-state index contributed by atoms with van der Waals surface area (Å²) in [6.45, 7) is 10.6. The predicted molar refractivity (Wildman–Crippen MR) is 115 cm³/mol. The molecular formula is C21H33N7O. The fourth-order valence-corrected chi connectivity index (χ4v) is 3.54. The highest BCUT2D eigenvalue weighted by Gasteiger charge is 2.21. The second-order valence-electron chi connectivity index (χ2n) is 7.87. The molecule has 0 radical (unpaired) electrons. The highest BCUT2D eigenvalue weighted by molar-refractivity contribution is 5.79. The number of hydrogen-bond donors (Lipinski definition) is 2. The van der Waals surface area contributed by atoms with Crippen LogP contribution in [0.2, 0.25) is 0 Å². The van der Waals surface area contributed by atoms with Crippen molar-refractivity contribution in [2.75, 3.05) is 39.8 Å². The van der Waals surface area contributed by atoms with Crippen LogP contribution in [0, 0.1) is 5.92 Å². The maximum atomic E-state index is 5.91. The Balaban J connectivity index is 1.44. The lowest BCUT2D eigenvalue weighted by molar-refractivity contribution is -0.0284. The zero-order valence-corrected chi connectivity index (χ0v) is 17.7. The minimum absolute atomic E-state index is 0.187. The Morgan fingerprint density at radius 3 is 2.93 bits per heavy atom. The van der Waals surface area contributed by atoms with Crippen LogP contribution in [0.15, 0.2) is 41.9 Å². The van der Waals surface area contributed by atoms with E-state index in [1.54, 1.807) is 19.7 Å². The number of guanidine groups is 1. The van der Waals surface area contributed by atoms with Crippen LogP contribution in [0.25, 0.3) is 0 Å². The van der Waals surface area contributed by atoms with Gasteiger partial charge in [0.1, 0.15) is 12.7 Å². The van der Waals surface area contributed by atoms with Gasteiger partial charge in [0.2, 0.25) is 0 Å². The number of aliphatic imine (C=N–C) groups is 1. The summed E-state index contributed by atoms with van der Waals surface area (Å²) in [6, 6.07) is 8.45. The van der Waals surface area contributed by atoms with Crippen molar-refractivity contribution in [3.8, 4) is 0 Å². The summed E-state index contributed by atoms with van der Waals surface area (Å²) in [7, 11) is 1.79. The van der Waals surface area contributed by atoms with Gasteiger partial charge in [-0.15, -0.1) is 0 Å². The van der Waals surface area contributed by atoms with E-state index in [4.69, 9.17) is 4.74 Å². The molecule has 3 rings (SSSR count). The van der Waals surface area contributed by atoms with Crippen molar-refractivity contribution in [2.45, 2.75) is 33.0 Å². The molecule has 8 heteroatoms. The van der Waals surface area contributed by atoms with Gasteiger partial charge < -0.3 is 15.4 Å². The summed E-state index contributed by atoms with van der Waals surface area (Å²) in [5.74, 6) is 1.47. The van der Waals surface area contributed by atoms with E-state index in [0.29, 0.717) is 19.0 Å². The predicted octanol–water partition coefficient (Wildman–Crippen LogP) is 1.35. The van der Waals surface area contributed by atoms with Gasteiger partial charge in [-0.05, 0) is 17.0 Å². The molecule has 8 nitrogen and oxygen atoms in total. The lowest BCUT2D eigenvalue weighted by atomic mass is 10.1. The first-order valence-electron chi connectivity index (χ1n) is 10.3. The van der Waals surface area contributed by atoms with E-state index >= 15 is 0 Å². The van der Waals surface area contributed by atoms with Gasteiger partial charge in [0.15, 0.2) is 5.96 Å². The third-order valence-electron chi connectivity index (χ3n) is 4.83. The van der Waals surface area contributed by atoms with E-state index in [2.05, 4.69) is 68.7 Å². The van der Waals surface area contributed by atoms with Crippen molar-refractivity contribution in [2.24, 2.45) is 10.9 Å². The van der Waals surface area contributed by atoms with Gasteiger partial charge in [-0.3, -0.25) is 9.89 Å². The number of nitrogens with one attached hydrogen (secondary N) is 2. The van der Waals surface area contributed by atoms with Crippen LogP contribution in [0.1, 0.15) is 25.0 Å². The molecule has 2 heterocycles. The van der Waals surface area contributed by atoms with Crippen LogP contribution < -0.4 is 10.6 Å². The average Bonchev–Trinajstić information content (AvgIpc) is 3.21. The Morgan fingerprint density at radius 1 is 1.31 bits per heavy atom. The van der Waals surface area contributed by atoms with E-state index < -0.39 is 0 Å². The summed E-state index contributed by atoms with van der Waals surface area (Å²) < 4.78 is 7.73. The molecule has 29 heavy (non-hydrogen) atoms. The Labute approximate surface area is 173 Å². The van der Waals surface area contributed by atoms with Gasteiger partial charge in [0, 0.05) is 39.8 Å². The van der Waals surface area contributed by atoms with Crippen molar-refractivity contribution in [1.29, 1.82) is 0 Å². The Kier molecular flexibility index (Phi) is 8.01. The lowest BCUT2D eigenvalue weighted by Gasteiger charge is -2.34. The van der Waals surface area contributed by atoms with Crippen molar-refractivity contribution in [3.05, 3.63) is 48.0 Å². The summed E-state index contributed by atoms with van der Waals surface area (Å²) in [4.78, 5) is 10.8. The number of morpholine rings is 1. The fraction of sp³-hybridized carbons (Fsp3) is 0.571. The van der Waals surface area contributed by atoms with Crippen LogP contribution in [0.3, 0.4) is 0 Å². The maximum Gasteiger partial charge on any atom is 0.191 e. The standard InChI is InChI=1S/C21H33N7O/c1-17(2)12-27-7-8-29-20(14-27)11-25-21(22-3)24-10-18-5-4-6-19(9-18)13-28-16-23-15-26-28/h4-6,9,15-17,20H,7-8,10-14H2,1-3H3,(H2,22,24,25). The highest BCUT2D eigenvalue weighted by Crippen LogP contribution is 2.08. The molecule has 1 aliphatic heterocycles. The normalized spacial score (nSPS) is 18.2. The minimum Gasteiger partial charge on any atom is -0.374 e. The summed E-state index contributed by atoms with van der Waals surface area (Å²) in [5.41, 5.74) is 2.39. The number of nitrogens with zero attached hydrogens (tertiary/aromatic N) is 5. The van der Waals surface area contributed by atoms with Crippen LogP contribution in [0.4, 0.5) is 0 Å². The van der Waals surface area contributed by atoms with Crippen LogP contribution in [0.5, 0.6) is 0 Å². The number of benzene rings is 1. The molecule has 0 saturated carbocycles. The molecule has 158 valence electrons. The van der Waals surface area contributed by atoms with E-state index in [1.165, 1.54) is 11.1 Å². The highest BCUT2D eigenvalue weighted by atomic mass is 16.5. The average molecular weight is 400 g/mol. The lowest BCUT2D eigenvalue weighted by Crippen LogP contribution is -2.50. The number of rotatable bonds is 8. The second kappa shape index (κ2) is 10.9. The minimum atomic E-state index is 0.187. The molecule has 0 aliphatic carbocycles. The molecule has 1 unspecified atom stereocenters. The van der Waals surface area contributed by atoms with Gasteiger partial charge in [-0.1, -0.05) is 38.1 Å². The van der Waals surface area contributed by atoms with Crippen molar-refractivity contribution < 1.29 is 4.74 Å². The van der Waals surface area contributed by atoms with Gasteiger partial charge in [-0.2, -0.15) is 5.10 Å². The zero-order valence-electron chi connectivity index (χ0n) is 17.7. The zero-order chi connectivity index (χ0) is 20.5. The van der Waals surface area contributed by atoms with E-state index in [0.717, 1.165) is 38.7 Å². The summed E-state index contributed by atoms with van der Waals surface area (Å²) >= 11 is 0. The molecular weight excluding hydrogens is 366 g/mol. The molecule has 1 fully saturated rings. The van der Waals surface area contributed by atoms with Crippen molar-refractivity contribution in [3.63, 3.8) is 0 Å². The first kappa shape index (κ1) is 21.3. The second-order valence-corrected chi connectivity index (χ2v) is 7.87. The van der Waals surface area contributed by atoms with E-state index in [-0.39, 0.29) is 6.10 Å². The molecule has 2 aromatic rings. The molecule has 1 aromatic heterocycles. The summed E-state index contributed by atoms with van der Waals surface area (Å²) in [6.07, 6.45) is 3.47. The smallest absolute Gasteiger partial charge is 0.191 e. The molecule has 1 aromatic carbocycles. The number of ether oxygens (including phenoxy) is 1. The van der Waals surface area contributed by atoms with Gasteiger partial charge in [-0.25, -0.2) is 9.67 Å². The maximum absolute atomic E-state index is 5.91. The Bertz CT molecular complexity index is 760. The topological polar surface area (TPSA) is 79.6 Å². The van der Waals surface area contributed by atoms with E-state index in [9.17, 15) is 0 Å². The van der Waals surface area contributed by atoms with Crippen LogP contribution >= 0.6 is 0 Å². The van der Waals surface area contributed by atoms with Gasteiger partial charge in [0.25, 0.3) is 0 Å². The van der Waals surface area contributed by atoms with Crippen molar-refractivity contribution in [1.82, 2.24) is 30.3 Å². The number of hydrogen-bond acceptors (Lipinski definition) is 5. The molecule has 1 atom stereocenters. The number of aromatic nitrogens is 3. The SMILES string of the molecule is CN=C(NCc1cccc(Cn2cncn2)c1)NCC1CN(CC(C)C)CCO1. The van der Waals surface area contributed by atoms with Crippen LogP contribution in [-0.4, -0.2) is 71.6 Å². The molecule has 1 aliphatic rings. The molecule has 0 bridgehead atoms. The molecule has 0 amide bonds.